The number of hydrogen-bond acceptors (Lipinski definition) is 3. The van der Waals surface area contributed by atoms with Crippen LogP contribution in [0, 0.1) is 6.92 Å². The Morgan fingerprint density at radius 2 is 1.00 bits per heavy atom. The Labute approximate surface area is 220 Å². The zero-order valence-corrected chi connectivity index (χ0v) is 20.9. The zero-order chi connectivity index (χ0) is 25.5. The minimum absolute atomic E-state index is 0.649. The molecular formula is C34H24N4. The van der Waals surface area contributed by atoms with E-state index < -0.39 is 0 Å². The van der Waals surface area contributed by atoms with Crippen LogP contribution in [0.2, 0.25) is 0 Å². The van der Waals surface area contributed by atoms with E-state index in [1.807, 2.05) is 60.7 Å². The molecule has 4 nitrogen and oxygen atoms in total. The lowest BCUT2D eigenvalue weighted by Crippen LogP contribution is -2.01. The number of aryl methyl sites for hydroxylation is 1. The fourth-order valence-electron chi connectivity index (χ4n) is 5.09. The molecule has 0 aliphatic heterocycles. The normalized spacial score (nSPS) is 11.3. The molecular weight excluding hydrogens is 464 g/mol. The quantitative estimate of drug-likeness (QED) is 0.250. The van der Waals surface area contributed by atoms with Gasteiger partial charge < -0.3 is 4.57 Å². The first-order valence-corrected chi connectivity index (χ1v) is 12.7. The smallest absolute Gasteiger partial charge is 0.164 e. The first-order chi connectivity index (χ1) is 18.7. The number of nitrogens with zero attached hydrogens (tertiary/aromatic N) is 4. The first-order valence-electron chi connectivity index (χ1n) is 12.7. The molecule has 7 rings (SSSR count). The third-order valence-electron chi connectivity index (χ3n) is 6.89. The van der Waals surface area contributed by atoms with Crippen LogP contribution in [0.15, 0.2) is 127 Å². The van der Waals surface area contributed by atoms with Crippen molar-refractivity contribution in [1.29, 1.82) is 0 Å². The number of fused-ring (bicyclic) bond motifs is 3. The number of rotatable bonds is 4. The van der Waals surface area contributed by atoms with E-state index in [1.54, 1.807) is 0 Å². The molecule has 5 aromatic carbocycles. The first kappa shape index (κ1) is 22.1. The van der Waals surface area contributed by atoms with E-state index >= 15 is 0 Å². The van der Waals surface area contributed by atoms with Crippen LogP contribution in [0.25, 0.3) is 61.7 Å². The lowest BCUT2D eigenvalue weighted by Gasteiger charge is -2.11. The summed E-state index contributed by atoms with van der Waals surface area (Å²) in [5.74, 6) is 1.97. The zero-order valence-electron chi connectivity index (χ0n) is 20.9. The highest BCUT2D eigenvalue weighted by Gasteiger charge is 2.15. The molecule has 0 fully saturated rings. The molecule has 0 amide bonds. The van der Waals surface area contributed by atoms with E-state index in [4.69, 9.17) is 15.0 Å². The molecule has 2 heterocycles. The highest BCUT2D eigenvalue weighted by Crippen LogP contribution is 2.34. The summed E-state index contributed by atoms with van der Waals surface area (Å²) in [5, 5.41) is 2.50. The summed E-state index contributed by atoms with van der Waals surface area (Å²) in [6.07, 6.45) is 0. The average molecular weight is 489 g/mol. The Bertz CT molecular complexity index is 1860. The van der Waals surface area contributed by atoms with Crippen LogP contribution in [0.5, 0.6) is 0 Å². The molecule has 0 radical (unpaired) electrons. The Morgan fingerprint density at radius 3 is 1.68 bits per heavy atom. The molecule has 0 saturated heterocycles. The Kier molecular flexibility index (Phi) is 5.30. The van der Waals surface area contributed by atoms with E-state index in [-0.39, 0.29) is 0 Å². The molecule has 0 aliphatic rings. The van der Waals surface area contributed by atoms with Crippen LogP contribution in [-0.4, -0.2) is 19.5 Å². The molecule has 4 heteroatoms. The predicted molar refractivity (Wildman–Crippen MR) is 155 cm³/mol. The summed E-state index contributed by atoms with van der Waals surface area (Å²) in [6.45, 7) is 2.14. The summed E-state index contributed by atoms with van der Waals surface area (Å²) in [6, 6.07) is 43.8. The van der Waals surface area contributed by atoms with Crippen LogP contribution in [0.3, 0.4) is 0 Å². The molecule has 0 aliphatic carbocycles. The maximum atomic E-state index is 4.93. The van der Waals surface area contributed by atoms with Gasteiger partial charge in [0.05, 0.1) is 11.0 Å². The highest BCUT2D eigenvalue weighted by molar-refractivity contribution is 6.09. The van der Waals surface area contributed by atoms with Crippen LogP contribution in [0.1, 0.15) is 5.56 Å². The van der Waals surface area contributed by atoms with Gasteiger partial charge in [-0.05, 0) is 37.3 Å². The molecule has 0 atom stereocenters. The second kappa shape index (κ2) is 9.09. The van der Waals surface area contributed by atoms with Gasteiger partial charge in [0.2, 0.25) is 0 Å². The van der Waals surface area contributed by atoms with Crippen molar-refractivity contribution in [3.8, 4) is 39.9 Å². The molecule has 0 N–H and O–H groups in total. The molecule has 0 unspecified atom stereocenters. The summed E-state index contributed by atoms with van der Waals surface area (Å²) in [4.78, 5) is 14.7. The van der Waals surface area contributed by atoms with Crippen molar-refractivity contribution in [3.05, 3.63) is 133 Å². The van der Waals surface area contributed by atoms with Crippen molar-refractivity contribution in [2.45, 2.75) is 6.92 Å². The van der Waals surface area contributed by atoms with Crippen LogP contribution >= 0.6 is 0 Å². The van der Waals surface area contributed by atoms with E-state index in [0.29, 0.717) is 17.5 Å². The van der Waals surface area contributed by atoms with Gasteiger partial charge in [-0.25, -0.2) is 15.0 Å². The van der Waals surface area contributed by atoms with Crippen molar-refractivity contribution in [3.63, 3.8) is 0 Å². The van der Waals surface area contributed by atoms with Gasteiger partial charge in [-0.1, -0.05) is 103 Å². The largest absolute Gasteiger partial charge is 0.309 e. The lowest BCUT2D eigenvalue weighted by atomic mass is 10.1. The van der Waals surface area contributed by atoms with Crippen molar-refractivity contribution in [2.24, 2.45) is 0 Å². The molecule has 0 bridgehead atoms. The SMILES string of the molecule is Cc1ccc2c(c1)c1ccccc1n2-c1cccc(-c2nc(-c3ccccc3)nc(-c3ccccc3)n2)c1. The Morgan fingerprint density at radius 1 is 0.447 bits per heavy atom. The van der Waals surface area contributed by atoms with Gasteiger partial charge >= 0.3 is 0 Å². The molecule has 0 spiro atoms. The molecule has 0 saturated carbocycles. The maximum Gasteiger partial charge on any atom is 0.164 e. The molecule has 180 valence electrons. The summed E-state index contributed by atoms with van der Waals surface area (Å²) in [7, 11) is 0. The van der Waals surface area contributed by atoms with Gasteiger partial charge in [-0.3, -0.25) is 0 Å². The Hall–Kier alpha value is -5.09. The highest BCUT2D eigenvalue weighted by atomic mass is 15.0. The van der Waals surface area contributed by atoms with Gasteiger partial charge in [-0.15, -0.1) is 0 Å². The van der Waals surface area contributed by atoms with Gasteiger partial charge in [-0.2, -0.15) is 0 Å². The number of para-hydroxylation sites is 1. The van der Waals surface area contributed by atoms with Gasteiger partial charge in [0.25, 0.3) is 0 Å². The molecule has 2 aromatic heterocycles. The van der Waals surface area contributed by atoms with E-state index in [2.05, 4.69) is 78.2 Å². The second-order valence-corrected chi connectivity index (χ2v) is 9.46. The van der Waals surface area contributed by atoms with Crippen molar-refractivity contribution >= 4 is 21.8 Å². The minimum atomic E-state index is 0.649. The van der Waals surface area contributed by atoms with Crippen LogP contribution in [0.4, 0.5) is 0 Å². The molecule has 38 heavy (non-hydrogen) atoms. The monoisotopic (exact) mass is 488 g/mol. The van der Waals surface area contributed by atoms with Crippen molar-refractivity contribution in [2.75, 3.05) is 0 Å². The van der Waals surface area contributed by atoms with Crippen LogP contribution < -0.4 is 0 Å². The van der Waals surface area contributed by atoms with Gasteiger partial charge in [0.1, 0.15) is 0 Å². The topological polar surface area (TPSA) is 43.6 Å². The fourth-order valence-corrected chi connectivity index (χ4v) is 5.09. The fraction of sp³-hybridized carbons (Fsp3) is 0.0294. The van der Waals surface area contributed by atoms with E-state index in [9.17, 15) is 0 Å². The standard InChI is InChI=1S/C34H24N4/c1-23-19-20-31-29(21-23)28-17-8-9-18-30(28)38(31)27-16-10-15-26(22-27)34-36-32(24-11-4-2-5-12-24)35-33(37-34)25-13-6-3-7-14-25/h2-22H,1H3. The minimum Gasteiger partial charge on any atom is -0.309 e. The van der Waals surface area contributed by atoms with Gasteiger partial charge in [0.15, 0.2) is 17.5 Å². The summed E-state index contributed by atoms with van der Waals surface area (Å²) in [5.41, 5.74) is 7.54. The van der Waals surface area contributed by atoms with Crippen molar-refractivity contribution in [1.82, 2.24) is 19.5 Å². The predicted octanol–water partition coefficient (Wildman–Crippen LogP) is 8.28. The summed E-state index contributed by atoms with van der Waals surface area (Å²) >= 11 is 0. The lowest BCUT2D eigenvalue weighted by molar-refractivity contribution is 1.07. The molecule has 7 aromatic rings. The maximum absolute atomic E-state index is 4.93. The number of aromatic nitrogens is 4. The average Bonchev–Trinajstić information content (AvgIpc) is 3.31. The second-order valence-electron chi connectivity index (χ2n) is 9.46. The summed E-state index contributed by atoms with van der Waals surface area (Å²) < 4.78 is 2.32. The third kappa shape index (κ3) is 3.84. The van der Waals surface area contributed by atoms with Crippen LogP contribution in [-0.2, 0) is 0 Å². The van der Waals surface area contributed by atoms with Crippen molar-refractivity contribution < 1.29 is 0 Å². The van der Waals surface area contributed by atoms with E-state index in [1.165, 1.54) is 27.4 Å². The number of benzene rings is 5. The van der Waals surface area contributed by atoms with E-state index in [0.717, 1.165) is 22.4 Å². The third-order valence-corrected chi connectivity index (χ3v) is 6.89. The number of hydrogen-bond donors (Lipinski definition) is 0. The Balaban J connectivity index is 1.44. The van der Waals surface area contributed by atoms with Gasteiger partial charge in [0, 0.05) is 33.2 Å².